The van der Waals surface area contributed by atoms with Crippen molar-refractivity contribution >= 4 is 5.91 Å². The standard InChI is InChI=1S/C7H15N3O2/c1-10(2)9-7(11)5-3-12-4-6(5)8/h5-6H,3-4,8H2,1-2H3,(H,9,11). The first-order valence-electron chi connectivity index (χ1n) is 3.92. The molecule has 0 aromatic carbocycles. The number of carbonyl (C=O) groups is 1. The summed E-state index contributed by atoms with van der Waals surface area (Å²) in [5.74, 6) is -0.266. The number of hydrogen-bond donors (Lipinski definition) is 2. The van der Waals surface area contributed by atoms with E-state index in [2.05, 4.69) is 5.43 Å². The van der Waals surface area contributed by atoms with E-state index in [1.807, 2.05) is 0 Å². The third-order valence-corrected chi connectivity index (χ3v) is 1.80. The number of hydrogen-bond acceptors (Lipinski definition) is 4. The van der Waals surface area contributed by atoms with E-state index in [9.17, 15) is 4.79 Å². The van der Waals surface area contributed by atoms with Crippen LogP contribution >= 0.6 is 0 Å². The fourth-order valence-electron chi connectivity index (χ4n) is 1.14. The van der Waals surface area contributed by atoms with Crippen LogP contribution in [0, 0.1) is 5.92 Å². The summed E-state index contributed by atoms with van der Waals surface area (Å²) in [6.07, 6.45) is 0. The minimum Gasteiger partial charge on any atom is -0.379 e. The first-order valence-corrected chi connectivity index (χ1v) is 3.92. The average molecular weight is 173 g/mol. The van der Waals surface area contributed by atoms with E-state index in [1.54, 1.807) is 19.1 Å². The maximum Gasteiger partial charge on any atom is 0.241 e. The molecule has 1 amide bonds. The molecule has 0 bridgehead atoms. The molecule has 0 radical (unpaired) electrons. The van der Waals surface area contributed by atoms with E-state index >= 15 is 0 Å². The number of nitrogens with one attached hydrogen (secondary N) is 1. The molecule has 5 heteroatoms. The van der Waals surface area contributed by atoms with Gasteiger partial charge in [0, 0.05) is 20.1 Å². The van der Waals surface area contributed by atoms with Crippen molar-refractivity contribution in [3.05, 3.63) is 0 Å². The van der Waals surface area contributed by atoms with Crippen LogP contribution in [0.5, 0.6) is 0 Å². The third kappa shape index (κ3) is 2.17. The Hall–Kier alpha value is -0.650. The molecule has 12 heavy (non-hydrogen) atoms. The van der Waals surface area contributed by atoms with Gasteiger partial charge in [0.1, 0.15) is 0 Å². The van der Waals surface area contributed by atoms with Gasteiger partial charge in [0.25, 0.3) is 0 Å². The monoisotopic (exact) mass is 173 g/mol. The molecule has 0 aliphatic carbocycles. The number of ether oxygens (including phenoxy) is 1. The van der Waals surface area contributed by atoms with Crippen LogP contribution < -0.4 is 11.2 Å². The van der Waals surface area contributed by atoms with Crippen LogP contribution in [0.3, 0.4) is 0 Å². The Labute approximate surface area is 71.8 Å². The van der Waals surface area contributed by atoms with Crippen molar-refractivity contribution in [3.63, 3.8) is 0 Å². The topological polar surface area (TPSA) is 67.6 Å². The maximum absolute atomic E-state index is 11.4. The van der Waals surface area contributed by atoms with Gasteiger partial charge in [0.15, 0.2) is 0 Å². The fourth-order valence-corrected chi connectivity index (χ4v) is 1.14. The highest BCUT2D eigenvalue weighted by Crippen LogP contribution is 2.11. The van der Waals surface area contributed by atoms with Crippen LogP contribution in [0.1, 0.15) is 0 Å². The summed E-state index contributed by atoms with van der Waals surface area (Å²) in [6, 6.07) is -0.162. The zero-order valence-corrected chi connectivity index (χ0v) is 7.41. The molecule has 1 saturated heterocycles. The van der Waals surface area contributed by atoms with E-state index in [-0.39, 0.29) is 17.9 Å². The van der Waals surface area contributed by atoms with Gasteiger partial charge in [-0.05, 0) is 0 Å². The van der Waals surface area contributed by atoms with Gasteiger partial charge < -0.3 is 10.5 Å². The van der Waals surface area contributed by atoms with E-state index in [4.69, 9.17) is 10.5 Å². The quantitative estimate of drug-likeness (QED) is 0.501. The normalized spacial score (nSPS) is 29.3. The molecule has 1 heterocycles. The molecular weight excluding hydrogens is 158 g/mol. The van der Waals surface area contributed by atoms with Crippen molar-refractivity contribution in [1.82, 2.24) is 10.4 Å². The van der Waals surface area contributed by atoms with Crippen LogP contribution in [0.4, 0.5) is 0 Å². The van der Waals surface area contributed by atoms with Gasteiger partial charge in [-0.25, -0.2) is 5.01 Å². The summed E-state index contributed by atoms with van der Waals surface area (Å²) < 4.78 is 5.07. The molecule has 1 rings (SSSR count). The molecule has 3 N–H and O–H groups in total. The second-order valence-electron chi connectivity index (χ2n) is 3.18. The Kier molecular flexibility index (Phi) is 3.02. The van der Waals surface area contributed by atoms with Gasteiger partial charge >= 0.3 is 0 Å². The van der Waals surface area contributed by atoms with E-state index in [1.165, 1.54) is 0 Å². The van der Waals surface area contributed by atoms with Crippen LogP contribution in [0.15, 0.2) is 0 Å². The van der Waals surface area contributed by atoms with Crippen molar-refractivity contribution in [1.29, 1.82) is 0 Å². The molecule has 2 atom stereocenters. The van der Waals surface area contributed by atoms with Gasteiger partial charge in [-0.2, -0.15) is 0 Å². The Morgan fingerprint density at radius 1 is 1.58 bits per heavy atom. The number of hydrazine groups is 1. The van der Waals surface area contributed by atoms with Crippen LogP contribution in [0.2, 0.25) is 0 Å². The van der Waals surface area contributed by atoms with Crippen molar-refractivity contribution in [2.45, 2.75) is 6.04 Å². The summed E-state index contributed by atoms with van der Waals surface area (Å²) >= 11 is 0. The number of nitrogens with two attached hydrogens (primary N) is 1. The Bertz CT molecular complexity index is 172. The van der Waals surface area contributed by atoms with E-state index in [0.29, 0.717) is 13.2 Å². The van der Waals surface area contributed by atoms with Gasteiger partial charge in [-0.1, -0.05) is 0 Å². The smallest absolute Gasteiger partial charge is 0.241 e. The third-order valence-electron chi connectivity index (χ3n) is 1.80. The number of nitrogens with zero attached hydrogens (tertiary/aromatic N) is 1. The summed E-state index contributed by atoms with van der Waals surface area (Å²) in [4.78, 5) is 11.4. The SMILES string of the molecule is CN(C)NC(=O)C1COCC1N. The lowest BCUT2D eigenvalue weighted by Crippen LogP contribution is -2.45. The fraction of sp³-hybridized carbons (Fsp3) is 0.857. The summed E-state index contributed by atoms with van der Waals surface area (Å²) in [7, 11) is 3.53. The van der Waals surface area contributed by atoms with Crippen LogP contribution in [0.25, 0.3) is 0 Å². The van der Waals surface area contributed by atoms with Crippen molar-refractivity contribution in [2.24, 2.45) is 11.7 Å². The highest BCUT2D eigenvalue weighted by molar-refractivity contribution is 5.79. The van der Waals surface area contributed by atoms with Crippen molar-refractivity contribution < 1.29 is 9.53 Å². The minimum atomic E-state index is -0.201. The lowest BCUT2D eigenvalue weighted by Gasteiger charge is -2.17. The highest BCUT2D eigenvalue weighted by Gasteiger charge is 2.31. The molecular formula is C7H15N3O2. The number of rotatable bonds is 2. The van der Waals surface area contributed by atoms with Crippen molar-refractivity contribution in [2.75, 3.05) is 27.3 Å². The predicted octanol–water partition coefficient (Wildman–Crippen LogP) is -1.45. The second kappa shape index (κ2) is 3.84. The highest BCUT2D eigenvalue weighted by atomic mass is 16.5. The maximum atomic E-state index is 11.4. The van der Waals surface area contributed by atoms with Gasteiger partial charge in [0.05, 0.1) is 19.1 Å². The Morgan fingerprint density at radius 2 is 2.25 bits per heavy atom. The second-order valence-corrected chi connectivity index (χ2v) is 3.18. The van der Waals surface area contributed by atoms with Gasteiger partial charge in [0.2, 0.25) is 5.91 Å². The van der Waals surface area contributed by atoms with Crippen LogP contribution in [-0.2, 0) is 9.53 Å². The van der Waals surface area contributed by atoms with E-state index in [0.717, 1.165) is 0 Å². The molecule has 0 spiro atoms. The zero-order chi connectivity index (χ0) is 9.14. The van der Waals surface area contributed by atoms with E-state index < -0.39 is 0 Å². The largest absolute Gasteiger partial charge is 0.379 e. The molecule has 0 aromatic heterocycles. The summed E-state index contributed by atoms with van der Waals surface area (Å²) in [5, 5.41) is 1.60. The molecule has 1 fully saturated rings. The summed E-state index contributed by atoms with van der Waals surface area (Å²) in [6.45, 7) is 0.909. The first kappa shape index (κ1) is 9.44. The van der Waals surface area contributed by atoms with Crippen LogP contribution in [-0.4, -0.2) is 44.3 Å². The molecule has 0 saturated carbocycles. The lowest BCUT2D eigenvalue weighted by atomic mass is 10.0. The van der Waals surface area contributed by atoms with Gasteiger partial charge in [-0.3, -0.25) is 10.2 Å². The molecule has 5 nitrogen and oxygen atoms in total. The average Bonchev–Trinajstić information content (AvgIpc) is 2.33. The molecule has 0 aromatic rings. The number of carbonyl (C=O) groups excluding carboxylic acids is 1. The van der Waals surface area contributed by atoms with Crippen molar-refractivity contribution in [3.8, 4) is 0 Å². The minimum absolute atomic E-state index is 0.0648. The zero-order valence-electron chi connectivity index (χ0n) is 7.41. The summed E-state index contributed by atoms with van der Waals surface area (Å²) in [5.41, 5.74) is 8.30. The first-order chi connectivity index (χ1) is 5.61. The lowest BCUT2D eigenvalue weighted by molar-refractivity contribution is -0.129. The Morgan fingerprint density at radius 3 is 2.67 bits per heavy atom. The molecule has 1 aliphatic heterocycles. The number of amides is 1. The molecule has 2 unspecified atom stereocenters. The van der Waals surface area contributed by atoms with Gasteiger partial charge in [-0.15, -0.1) is 0 Å². The molecule has 70 valence electrons. The predicted molar refractivity (Wildman–Crippen MR) is 44.1 cm³/mol. The Balaban J connectivity index is 2.41. The molecule has 1 aliphatic rings.